The summed E-state index contributed by atoms with van der Waals surface area (Å²) in [7, 11) is 1.51. The molecule has 0 aliphatic heterocycles. The molecule has 0 saturated heterocycles. The van der Waals surface area contributed by atoms with Crippen molar-refractivity contribution in [1.29, 1.82) is 0 Å². The second-order valence-electron chi connectivity index (χ2n) is 6.04. The molecule has 27 heavy (non-hydrogen) atoms. The molecule has 4 rings (SSSR count). The molecule has 0 amide bonds. The van der Waals surface area contributed by atoms with Crippen molar-refractivity contribution < 1.29 is 18.7 Å². The monoisotopic (exact) mass is 360 g/mol. The Morgan fingerprint density at radius 2 is 1.85 bits per heavy atom. The molecule has 134 valence electrons. The maximum atomic E-state index is 12.1. The highest BCUT2D eigenvalue weighted by atomic mass is 16.5. The lowest BCUT2D eigenvalue weighted by Gasteiger charge is -2.13. The van der Waals surface area contributed by atoms with Crippen LogP contribution in [0.5, 0.6) is 11.5 Å². The van der Waals surface area contributed by atoms with E-state index in [0.29, 0.717) is 34.5 Å². The highest BCUT2D eigenvalue weighted by Crippen LogP contribution is 2.32. The third kappa shape index (κ3) is 3.04. The van der Waals surface area contributed by atoms with E-state index in [9.17, 15) is 9.59 Å². The fraction of sp³-hybridized carbons (Fsp3) is 0.0909. The van der Waals surface area contributed by atoms with Gasteiger partial charge in [0.25, 0.3) is 0 Å². The van der Waals surface area contributed by atoms with E-state index in [0.717, 1.165) is 16.2 Å². The largest absolute Gasteiger partial charge is 0.493 e. The van der Waals surface area contributed by atoms with Gasteiger partial charge in [-0.3, -0.25) is 4.79 Å². The number of aldehydes is 1. The summed E-state index contributed by atoms with van der Waals surface area (Å²) in [6.07, 6.45) is 0.711. The number of para-hydroxylation sites is 1. The molecule has 0 bridgehead atoms. The van der Waals surface area contributed by atoms with E-state index >= 15 is 0 Å². The number of carbonyl (C=O) groups excluding carboxylic acids is 1. The van der Waals surface area contributed by atoms with Crippen molar-refractivity contribution in [3.05, 3.63) is 82.2 Å². The molecule has 0 N–H and O–H groups in total. The number of ether oxygens (including phenoxy) is 2. The number of rotatable bonds is 5. The number of methoxy groups -OCH3 is 1. The van der Waals surface area contributed by atoms with Crippen LogP contribution in [0.1, 0.15) is 15.9 Å². The van der Waals surface area contributed by atoms with E-state index in [1.165, 1.54) is 13.2 Å². The minimum atomic E-state index is -0.451. The molecule has 1 aromatic heterocycles. The summed E-state index contributed by atoms with van der Waals surface area (Å²) in [4.78, 5) is 23.4. The first-order valence-electron chi connectivity index (χ1n) is 8.40. The van der Waals surface area contributed by atoms with Gasteiger partial charge in [0.2, 0.25) is 0 Å². The van der Waals surface area contributed by atoms with Gasteiger partial charge in [0.1, 0.15) is 12.2 Å². The van der Waals surface area contributed by atoms with Crippen LogP contribution in [-0.2, 0) is 6.61 Å². The lowest BCUT2D eigenvalue weighted by atomic mass is 10.0. The molecule has 0 atom stereocenters. The zero-order chi connectivity index (χ0) is 18.8. The molecule has 1 heterocycles. The predicted molar refractivity (Wildman–Crippen MR) is 103 cm³/mol. The molecule has 0 aliphatic carbocycles. The Hall–Kier alpha value is -3.60. The van der Waals surface area contributed by atoms with Gasteiger partial charge < -0.3 is 13.9 Å². The number of benzene rings is 3. The van der Waals surface area contributed by atoms with Crippen LogP contribution in [0, 0.1) is 0 Å². The van der Waals surface area contributed by atoms with Crippen LogP contribution in [0.3, 0.4) is 0 Å². The Kier molecular flexibility index (Phi) is 4.34. The van der Waals surface area contributed by atoms with Crippen LogP contribution in [0.4, 0.5) is 0 Å². The van der Waals surface area contributed by atoms with Gasteiger partial charge in [0.05, 0.1) is 12.7 Å². The smallest absolute Gasteiger partial charge is 0.336 e. The second-order valence-corrected chi connectivity index (χ2v) is 6.04. The van der Waals surface area contributed by atoms with Crippen LogP contribution >= 0.6 is 0 Å². The molecule has 0 radical (unpaired) electrons. The first kappa shape index (κ1) is 16.8. The molecule has 0 unspecified atom stereocenters. The Morgan fingerprint density at radius 3 is 2.67 bits per heavy atom. The highest BCUT2D eigenvalue weighted by Gasteiger charge is 2.13. The second kappa shape index (κ2) is 6.96. The zero-order valence-corrected chi connectivity index (χ0v) is 14.6. The van der Waals surface area contributed by atoms with E-state index < -0.39 is 5.63 Å². The van der Waals surface area contributed by atoms with Crippen molar-refractivity contribution in [2.45, 2.75) is 6.61 Å². The highest BCUT2D eigenvalue weighted by molar-refractivity contribution is 6.04. The third-order valence-electron chi connectivity index (χ3n) is 4.45. The van der Waals surface area contributed by atoms with Gasteiger partial charge in [-0.2, -0.15) is 0 Å². The van der Waals surface area contributed by atoms with Crippen LogP contribution in [0.25, 0.3) is 21.7 Å². The third-order valence-corrected chi connectivity index (χ3v) is 4.45. The van der Waals surface area contributed by atoms with Crippen molar-refractivity contribution in [1.82, 2.24) is 0 Å². The van der Waals surface area contributed by atoms with Crippen molar-refractivity contribution in [3.63, 3.8) is 0 Å². The van der Waals surface area contributed by atoms with E-state index in [1.807, 2.05) is 36.4 Å². The van der Waals surface area contributed by atoms with Gasteiger partial charge in [-0.1, -0.05) is 42.5 Å². The topological polar surface area (TPSA) is 65.7 Å². The van der Waals surface area contributed by atoms with Gasteiger partial charge >= 0.3 is 5.63 Å². The fourth-order valence-corrected chi connectivity index (χ4v) is 3.17. The van der Waals surface area contributed by atoms with Crippen LogP contribution in [0.15, 0.2) is 69.9 Å². The van der Waals surface area contributed by atoms with E-state index in [4.69, 9.17) is 13.9 Å². The summed E-state index contributed by atoms with van der Waals surface area (Å²) in [6.45, 7) is 0.0989. The Bertz CT molecular complexity index is 1210. The molecular formula is C22H16O5. The molecular weight excluding hydrogens is 344 g/mol. The van der Waals surface area contributed by atoms with Crippen molar-refractivity contribution in [2.75, 3.05) is 7.11 Å². The quantitative estimate of drug-likeness (QED) is 0.301. The average molecular weight is 360 g/mol. The summed E-state index contributed by atoms with van der Waals surface area (Å²) in [6, 6.07) is 18.1. The SMILES string of the molecule is COc1cccc(C=O)c1OCc1cc(=O)oc2c1ccc1ccccc12. The first-order valence-corrected chi connectivity index (χ1v) is 8.40. The van der Waals surface area contributed by atoms with Gasteiger partial charge in [-0.05, 0) is 17.5 Å². The average Bonchev–Trinajstić information content (AvgIpc) is 2.71. The molecule has 0 saturated carbocycles. The summed E-state index contributed by atoms with van der Waals surface area (Å²) in [5, 5.41) is 2.63. The van der Waals surface area contributed by atoms with E-state index in [2.05, 4.69) is 0 Å². The zero-order valence-electron chi connectivity index (χ0n) is 14.6. The minimum absolute atomic E-state index is 0.0989. The summed E-state index contributed by atoms with van der Waals surface area (Å²) >= 11 is 0. The normalized spacial score (nSPS) is 10.9. The van der Waals surface area contributed by atoms with Crippen molar-refractivity contribution in [3.8, 4) is 11.5 Å². The standard InChI is InChI=1S/C22H16O5/c1-25-19-8-4-6-15(12-23)21(19)26-13-16-11-20(24)27-22-17-7-3-2-5-14(17)9-10-18(16)22/h2-12H,13H2,1H3. The van der Waals surface area contributed by atoms with Crippen molar-refractivity contribution >= 4 is 28.0 Å². The Morgan fingerprint density at radius 1 is 1.00 bits per heavy atom. The summed E-state index contributed by atoms with van der Waals surface area (Å²) in [5.41, 5.74) is 1.13. The van der Waals surface area contributed by atoms with Gasteiger partial charge in [0, 0.05) is 22.4 Å². The maximum Gasteiger partial charge on any atom is 0.336 e. The number of carbonyl (C=O) groups is 1. The molecule has 3 aromatic carbocycles. The molecule has 5 heteroatoms. The van der Waals surface area contributed by atoms with Gasteiger partial charge in [0.15, 0.2) is 17.8 Å². The van der Waals surface area contributed by atoms with Gasteiger partial charge in [-0.15, -0.1) is 0 Å². The molecule has 5 nitrogen and oxygen atoms in total. The Balaban J connectivity index is 1.81. The Labute approximate surface area is 154 Å². The van der Waals surface area contributed by atoms with Gasteiger partial charge in [-0.25, -0.2) is 4.79 Å². The molecule has 0 aliphatic rings. The lowest BCUT2D eigenvalue weighted by molar-refractivity contribution is 0.111. The number of fused-ring (bicyclic) bond motifs is 3. The maximum absolute atomic E-state index is 12.1. The van der Waals surface area contributed by atoms with Crippen LogP contribution in [-0.4, -0.2) is 13.4 Å². The molecule has 4 aromatic rings. The summed E-state index contributed by atoms with van der Waals surface area (Å²) in [5.74, 6) is 0.800. The number of hydrogen-bond donors (Lipinski definition) is 0. The number of hydrogen-bond acceptors (Lipinski definition) is 5. The van der Waals surface area contributed by atoms with Crippen LogP contribution in [0.2, 0.25) is 0 Å². The van der Waals surface area contributed by atoms with Crippen molar-refractivity contribution in [2.24, 2.45) is 0 Å². The predicted octanol–water partition coefficient (Wildman–Crippen LogP) is 4.35. The van der Waals surface area contributed by atoms with Crippen LogP contribution < -0.4 is 15.1 Å². The lowest BCUT2D eigenvalue weighted by Crippen LogP contribution is -2.06. The minimum Gasteiger partial charge on any atom is -0.493 e. The molecule has 0 spiro atoms. The van der Waals surface area contributed by atoms with E-state index in [-0.39, 0.29) is 6.61 Å². The first-order chi connectivity index (χ1) is 13.2. The summed E-state index contributed by atoms with van der Waals surface area (Å²) < 4.78 is 16.6. The van der Waals surface area contributed by atoms with E-state index in [1.54, 1.807) is 18.2 Å². The fourth-order valence-electron chi connectivity index (χ4n) is 3.17. The molecule has 0 fully saturated rings.